The number of hydrogen-bond acceptors (Lipinski definition) is 4. The van der Waals surface area contributed by atoms with Gasteiger partial charge in [-0.2, -0.15) is 0 Å². The normalized spacial score (nSPS) is 32.9. The lowest BCUT2D eigenvalue weighted by molar-refractivity contribution is -0.105. The molecule has 1 aliphatic rings. The zero-order valence-electron chi connectivity index (χ0n) is 11.8. The standard InChI is InChI=1S/C14H24N2OS/c1-5-13(4)10-14(6-8-17-13,16-11(2)3)12-15-7-9-18-12/h7,9,11,16H,5-6,8,10H2,1-4H3. The molecule has 0 saturated carbocycles. The average molecular weight is 268 g/mol. The Morgan fingerprint density at radius 3 is 2.89 bits per heavy atom. The van der Waals surface area contributed by atoms with E-state index in [1.807, 2.05) is 6.20 Å². The summed E-state index contributed by atoms with van der Waals surface area (Å²) in [5.74, 6) is 0. The Bertz CT molecular complexity index is 379. The Balaban J connectivity index is 2.30. The second-order valence-electron chi connectivity index (χ2n) is 5.80. The Morgan fingerprint density at radius 2 is 2.33 bits per heavy atom. The minimum absolute atomic E-state index is 0.00859. The molecular formula is C14H24N2OS. The quantitative estimate of drug-likeness (QED) is 0.909. The van der Waals surface area contributed by atoms with Crippen LogP contribution in [0.2, 0.25) is 0 Å². The summed E-state index contributed by atoms with van der Waals surface area (Å²) in [5.41, 5.74) is -0.0445. The molecule has 2 heterocycles. The van der Waals surface area contributed by atoms with Gasteiger partial charge < -0.3 is 10.1 Å². The smallest absolute Gasteiger partial charge is 0.113 e. The van der Waals surface area contributed by atoms with Crippen LogP contribution >= 0.6 is 11.3 Å². The van der Waals surface area contributed by atoms with E-state index in [0.29, 0.717) is 6.04 Å². The van der Waals surface area contributed by atoms with Crippen LogP contribution in [0.5, 0.6) is 0 Å². The molecule has 1 aliphatic heterocycles. The predicted molar refractivity (Wildman–Crippen MR) is 75.9 cm³/mol. The molecule has 0 aromatic carbocycles. The molecule has 0 spiro atoms. The molecule has 102 valence electrons. The molecule has 0 aliphatic carbocycles. The van der Waals surface area contributed by atoms with Crippen LogP contribution < -0.4 is 5.32 Å². The molecule has 0 bridgehead atoms. The lowest BCUT2D eigenvalue weighted by Crippen LogP contribution is -2.55. The minimum atomic E-state index is -0.0359. The van der Waals surface area contributed by atoms with Gasteiger partial charge in [0.05, 0.1) is 11.1 Å². The van der Waals surface area contributed by atoms with E-state index in [4.69, 9.17) is 4.74 Å². The molecule has 2 rings (SSSR count). The molecule has 3 nitrogen and oxygen atoms in total. The minimum Gasteiger partial charge on any atom is -0.375 e. The molecule has 0 radical (unpaired) electrons. The number of nitrogens with one attached hydrogen (secondary N) is 1. The van der Waals surface area contributed by atoms with Crippen molar-refractivity contribution in [1.82, 2.24) is 10.3 Å². The van der Waals surface area contributed by atoms with E-state index in [0.717, 1.165) is 25.9 Å². The Hall–Kier alpha value is -0.450. The van der Waals surface area contributed by atoms with E-state index in [1.165, 1.54) is 5.01 Å². The van der Waals surface area contributed by atoms with Gasteiger partial charge in [-0.05, 0) is 33.6 Å². The maximum Gasteiger partial charge on any atom is 0.113 e. The summed E-state index contributed by atoms with van der Waals surface area (Å²) in [6.45, 7) is 9.63. The van der Waals surface area contributed by atoms with Crippen LogP contribution in [0.3, 0.4) is 0 Å². The predicted octanol–water partition coefficient (Wildman–Crippen LogP) is 3.32. The van der Waals surface area contributed by atoms with Gasteiger partial charge in [0, 0.05) is 30.6 Å². The first-order chi connectivity index (χ1) is 8.50. The number of ether oxygens (including phenoxy) is 1. The van der Waals surface area contributed by atoms with Crippen molar-refractivity contribution in [3.63, 3.8) is 0 Å². The van der Waals surface area contributed by atoms with Gasteiger partial charge in [-0.15, -0.1) is 11.3 Å². The van der Waals surface area contributed by atoms with E-state index in [-0.39, 0.29) is 11.1 Å². The summed E-state index contributed by atoms with van der Waals surface area (Å²) in [6.07, 6.45) is 4.96. The summed E-state index contributed by atoms with van der Waals surface area (Å²) in [6, 6.07) is 0.452. The fraction of sp³-hybridized carbons (Fsp3) is 0.786. The lowest BCUT2D eigenvalue weighted by atomic mass is 9.79. The molecule has 1 fully saturated rings. The fourth-order valence-electron chi connectivity index (χ4n) is 2.86. The topological polar surface area (TPSA) is 34.2 Å². The highest BCUT2D eigenvalue weighted by atomic mass is 32.1. The molecule has 1 saturated heterocycles. The number of aromatic nitrogens is 1. The van der Waals surface area contributed by atoms with Gasteiger partial charge in [0.1, 0.15) is 5.01 Å². The van der Waals surface area contributed by atoms with Crippen molar-refractivity contribution < 1.29 is 4.74 Å². The van der Waals surface area contributed by atoms with Gasteiger partial charge in [0.15, 0.2) is 0 Å². The SMILES string of the molecule is CCC1(C)CC(NC(C)C)(c2nccs2)CCO1. The van der Waals surface area contributed by atoms with Crippen molar-refractivity contribution in [3.8, 4) is 0 Å². The third-order valence-corrected chi connectivity index (χ3v) is 4.79. The first kappa shape index (κ1) is 14.0. The first-order valence-corrected chi connectivity index (χ1v) is 7.69. The van der Waals surface area contributed by atoms with E-state index >= 15 is 0 Å². The van der Waals surface area contributed by atoms with Crippen LogP contribution in [0.1, 0.15) is 52.0 Å². The van der Waals surface area contributed by atoms with Crippen LogP contribution in [-0.4, -0.2) is 23.2 Å². The van der Waals surface area contributed by atoms with Gasteiger partial charge in [0.25, 0.3) is 0 Å². The first-order valence-electron chi connectivity index (χ1n) is 6.81. The summed E-state index contributed by atoms with van der Waals surface area (Å²) in [4.78, 5) is 4.57. The molecule has 1 N–H and O–H groups in total. The Kier molecular flexibility index (Phi) is 4.09. The lowest BCUT2D eigenvalue weighted by Gasteiger charge is -2.46. The molecule has 2 atom stereocenters. The van der Waals surface area contributed by atoms with Crippen molar-refractivity contribution in [3.05, 3.63) is 16.6 Å². The highest BCUT2D eigenvalue weighted by Gasteiger charge is 2.45. The summed E-state index contributed by atoms with van der Waals surface area (Å²) in [5, 5.41) is 7.03. The average Bonchev–Trinajstić information content (AvgIpc) is 2.82. The molecule has 1 aromatic rings. The van der Waals surface area contributed by atoms with Crippen LogP contribution in [0.25, 0.3) is 0 Å². The summed E-state index contributed by atoms with van der Waals surface area (Å²) in [7, 11) is 0. The van der Waals surface area contributed by atoms with Crippen LogP contribution in [0.15, 0.2) is 11.6 Å². The van der Waals surface area contributed by atoms with Crippen LogP contribution in [0, 0.1) is 0 Å². The number of rotatable bonds is 4. The van der Waals surface area contributed by atoms with Crippen molar-refractivity contribution in [2.45, 2.75) is 64.1 Å². The molecular weight excluding hydrogens is 244 g/mol. The molecule has 4 heteroatoms. The van der Waals surface area contributed by atoms with Crippen LogP contribution in [0.4, 0.5) is 0 Å². The van der Waals surface area contributed by atoms with Crippen molar-refractivity contribution in [2.75, 3.05) is 6.61 Å². The highest BCUT2D eigenvalue weighted by Crippen LogP contribution is 2.42. The Labute approximate surface area is 114 Å². The van der Waals surface area contributed by atoms with Crippen molar-refractivity contribution >= 4 is 11.3 Å². The van der Waals surface area contributed by atoms with E-state index in [1.54, 1.807) is 11.3 Å². The van der Waals surface area contributed by atoms with Crippen molar-refractivity contribution in [2.24, 2.45) is 0 Å². The van der Waals surface area contributed by atoms with Crippen molar-refractivity contribution in [1.29, 1.82) is 0 Å². The van der Waals surface area contributed by atoms with E-state index in [9.17, 15) is 0 Å². The Morgan fingerprint density at radius 1 is 1.56 bits per heavy atom. The monoisotopic (exact) mass is 268 g/mol. The second-order valence-corrected chi connectivity index (χ2v) is 6.69. The zero-order valence-corrected chi connectivity index (χ0v) is 12.6. The van der Waals surface area contributed by atoms with E-state index in [2.05, 4.69) is 43.4 Å². The maximum atomic E-state index is 5.99. The number of thiazole rings is 1. The molecule has 18 heavy (non-hydrogen) atoms. The zero-order chi connectivity index (χ0) is 13.2. The van der Waals surface area contributed by atoms with Crippen LogP contribution in [-0.2, 0) is 10.3 Å². The van der Waals surface area contributed by atoms with Gasteiger partial charge in [-0.3, -0.25) is 0 Å². The van der Waals surface area contributed by atoms with Gasteiger partial charge in [-0.1, -0.05) is 6.92 Å². The fourth-order valence-corrected chi connectivity index (χ4v) is 3.69. The van der Waals surface area contributed by atoms with Gasteiger partial charge >= 0.3 is 0 Å². The third-order valence-electron chi connectivity index (χ3n) is 3.81. The number of nitrogens with zero attached hydrogens (tertiary/aromatic N) is 1. The third kappa shape index (κ3) is 2.76. The molecule has 0 amide bonds. The maximum absolute atomic E-state index is 5.99. The second kappa shape index (κ2) is 5.27. The number of hydrogen-bond donors (Lipinski definition) is 1. The highest BCUT2D eigenvalue weighted by molar-refractivity contribution is 7.09. The summed E-state index contributed by atoms with van der Waals surface area (Å²) < 4.78 is 5.99. The molecule has 2 unspecified atom stereocenters. The molecule has 1 aromatic heterocycles. The largest absolute Gasteiger partial charge is 0.375 e. The van der Waals surface area contributed by atoms with Gasteiger partial charge in [0.2, 0.25) is 0 Å². The van der Waals surface area contributed by atoms with Gasteiger partial charge in [-0.25, -0.2) is 4.98 Å². The van der Waals surface area contributed by atoms with E-state index < -0.39 is 0 Å². The summed E-state index contributed by atoms with van der Waals surface area (Å²) >= 11 is 1.75.